The van der Waals surface area contributed by atoms with Crippen LogP contribution >= 0.6 is 11.8 Å². The van der Waals surface area contributed by atoms with Crippen molar-refractivity contribution >= 4 is 59.2 Å². The second-order valence-corrected chi connectivity index (χ2v) is 11.5. The summed E-state index contributed by atoms with van der Waals surface area (Å²) in [5.41, 5.74) is 14.4. The van der Waals surface area contributed by atoms with E-state index in [0.29, 0.717) is 11.8 Å². The molecule has 1 aliphatic rings. The molecule has 278 valence electrons. The first-order valence-electron chi connectivity index (χ1n) is 14.6. The van der Waals surface area contributed by atoms with Crippen LogP contribution < -0.4 is 43.8 Å². The van der Waals surface area contributed by atoms with Gasteiger partial charge in [-0.3, -0.25) is 38.6 Å². The molecule has 0 saturated carbocycles. The van der Waals surface area contributed by atoms with E-state index < -0.39 is 128 Å². The van der Waals surface area contributed by atoms with E-state index in [1.165, 1.54) is 0 Å². The topological polar surface area (TPSA) is 401 Å². The van der Waals surface area contributed by atoms with E-state index in [1.807, 2.05) is 5.32 Å². The number of carboxylic acids is 2. The van der Waals surface area contributed by atoms with E-state index in [1.54, 1.807) is 0 Å². The molecule has 1 saturated heterocycles. The van der Waals surface area contributed by atoms with Crippen LogP contribution in [0, 0.1) is 0 Å². The molecule has 8 atom stereocenters. The molecule has 0 aromatic carbocycles. The number of thioether (sulfide) groups is 1. The van der Waals surface area contributed by atoms with Gasteiger partial charge in [0.1, 0.15) is 54.5 Å². The summed E-state index contributed by atoms with van der Waals surface area (Å²) in [4.78, 5) is 89.2. The number of hydrogen-bond donors (Lipinski definition) is 14. The van der Waals surface area contributed by atoms with Gasteiger partial charge in [-0.2, -0.15) is 0 Å². The van der Waals surface area contributed by atoms with Gasteiger partial charge in [-0.05, 0) is 12.8 Å². The third-order valence-electron chi connectivity index (χ3n) is 6.56. The van der Waals surface area contributed by atoms with Gasteiger partial charge in [0, 0.05) is 12.3 Å². The van der Waals surface area contributed by atoms with E-state index in [9.17, 15) is 59.1 Å². The molecule has 0 radical (unpaired) electrons. The Morgan fingerprint density at radius 2 is 1.39 bits per heavy atom. The maximum Gasteiger partial charge on any atom is 0.322 e. The average molecular weight is 726 g/mol. The van der Waals surface area contributed by atoms with Gasteiger partial charge in [0.2, 0.25) is 29.5 Å². The predicted molar refractivity (Wildman–Crippen MR) is 167 cm³/mol. The lowest BCUT2D eigenvalue weighted by Crippen LogP contribution is -2.59. The normalized spacial score (nSPS) is 21.9. The Morgan fingerprint density at radius 3 is 1.96 bits per heavy atom. The minimum absolute atomic E-state index is 0.0342. The SMILES string of the molecule is NCC(=O)N[C@@H](CCCN=C(N)N)C(=O)NCC(=O)N[C@@H](CC(=O)O)C(=O)N[C@@H](CS[C@@H]1O[C@H](CO)[C@@H](O)[C@H](O)[C@H]1O)C(=O)NCC(=O)O. The van der Waals surface area contributed by atoms with Crippen molar-refractivity contribution in [3.05, 3.63) is 0 Å². The van der Waals surface area contributed by atoms with Crippen molar-refractivity contribution in [2.24, 2.45) is 22.2 Å². The Kier molecular flexibility index (Phi) is 18.8. The highest BCUT2D eigenvalue weighted by molar-refractivity contribution is 7.99. The molecule has 0 spiro atoms. The largest absolute Gasteiger partial charge is 0.481 e. The Balaban J connectivity index is 3.00. The molecule has 0 aromatic heterocycles. The lowest BCUT2D eigenvalue weighted by Gasteiger charge is -2.40. The number of hydrogen-bond acceptors (Lipinski definition) is 15. The number of aliphatic hydroxyl groups excluding tert-OH is 4. The number of guanidine groups is 1. The number of aliphatic carboxylic acids is 2. The van der Waals surface area contributed by atoms with Crippen LogP contribution in [0.25, 0.3) is 0 Å². The van der Waals surface area contributed by atoms with Gasteiger partial charge >= 0.3 is 11.9 Å². The van der Waals surface area contributed by atoms with Crippen molar-refractivity contribution in [3.8, 4) is 0 Å². The molecule has 5 amide bonds. The third-order valence-corrected chi connectivity index (χ3v) is 7.80. The Bertz CT molecular complexity index is 1210. The predicted octanol–water partition coefficient (Wildman–Crippen LogP) is -8.22. The number of carbonyl (C=O) groups is 7. The van der Waals surface area contributed by atoms with Crippen LogP contribution in [0.15, 0.2) is 4.99 Å². The minimum atomic E-state index is -1.83. The highest BCUT2D eigenvalue weighted by Gasteiger charge is 2.44. The number of carboxylic acid groups (broad SMARTS) is 2. The van der Waals surface area contributed by atoms with E-state index in [-0.39, 0.29) is 25.3 Å². The van der Waals surface area contributed by atoms with Crippen LogP contribution in [0.3, 0.4) is 0 Å². The molecule has 1 rings (SSSR count). The smallest absolute Gasteiger partial charge is 0.322 e. The number of ether oxygens (including phenoxy) is 1. The Morgan fingerprint density at radius 1 is 0.776 bits per heavy atom. The lowest BCUT2D eigenvalue weighted by atomic mass is 10.0. The van der Waals surface area contributed by atoms with E-state index >= 15 is 0 Å². The lowest BCUT2D eigenvalue weighted by molar-refractivity contribution is -0.205. The molecule has 1 aliphatic heterocycles. The van der Waals surface area contributed by atoms with Crippen molar-refractivity contribution in [3.63, 3.8) is 0 Å². The molecular weight excluding hydrogens is 682 g/mol. The fourth-order valence-electron chi connectivity index (χ4n) is 4.08. The molecule has 0 bridgehead atoms. The maximum atomic E-state index is 13.1. The first-order valence-corrected chi connectivity index (χ1v) is 15.6. The van der Waals surface area contributed by atoms with Crippen molar-refractivity contribution in [2.45, 2.75) is 67.2 Å². The van der Waals surface area contributed by atoms with Gasteiger partial charge in [-0.1, -0.05) is 0 Å². The van der Waals surface area contributed by atoms with Gasteiger partial charge in [0.15, 0.2) is 5.96 Å². The molecule has 1 fully saturated rings. The van der Waals surface area contributed by atoms with E-state index in [2.05, 4.69) is 26.3 Å². The van der Waals surface area contributed by atoms with Crippen LogP contribution in [-0.2, 0) is 38.3 Å². The number of aliphatic hydroxyl groups is 4. The average Bonchev–Trinajstić information content (AvgIpc) is 3.04. The molecular formula is C25H43N9O14S. The van der Waals surface area contributed by atoms with Crippen molar-refractivity contribution < 1.29 is 68.9 Å². The molecule has 24 heteroatoms. The summed E-state index contributed by atoms with van der Waals surface area (Å²) in [6, 6.07) is -4.63. The highest BCUT2D eigenvalue weighted by atomic mass is 32.2. The Hall–Kier alpha value is -4.33. The van der Waals surface area contributed by atoms with Gasteiger partial charge in [0.05, 0.1) is 26.1 Å². The number of nitrogens with zero attached hydrogens (tertiary/aromatic N) is 1. The third kappa shape index (κ3) is 15.6. The van der Waals surface area contributed by atoms with Gasteiger partial charge in [0.25, 0.3) is 0 Å². The summed E-state index contributed by atoms with van der Waals surface area (Å²) in [6.45, 7) is -2.75. The zero-order valence-corrected chi connectivity index (χ0v) is 26.8. The van der Waals surface area contributed by atoms with E-state index in [0.717, 1.165) is 0 Å². The maximum absolute atomic E-state index is 13.1. The first kappa shape index (κ1) is 42.7. The molecule has 0 unspecified atom stereocenters. The number of rotatable bonds is 21. The highest BCUT2D eigenvalue weighted by Crippen LogP contribution is 2.29. The zero-order chi connectivity index (χ0) is 37.3. The zero-order valence-electron chi connectivity index (χ0n) is 26.0. The molecule has 49 heavy (non-hydrogen) atoms. The molecule has 17 N–H and O–H groups in total. The molecule has 23 nitrogen and oxygen atoms in total. The van der Waals surface area contributed by atoms with Crippen molar-refractivity contribution in [1.82, 2.24) is 26.6 Å². The van der Waals surface area contributed by atoms with Crippen LogP contribution in [0.5, 0.6) is 0 Å². The van der Waals surface area contributed by atoms with Gasteiger partial charge in [-0.25, -0.2) is 0 Å². The van der Waals surface area contributed by atoms with Crippen LogP contribution in [0.1, 0.15) is 19.3 Å². The van der Waals surface area contributed by atoms with E-state index in [4.69, 9.17) is 27.0 Å². The second kappa shape index (κ2) is 21.6. The van der Waals surface area contributed by atoms with Crippen LogP contribution in [-0.4, -0.2) is 165 Å². The summed E-state index contributed by atoms with van der Waals surface area (Å²) in [5, 5.41) is 68.8. The number of nitrogens with two attached hydrogens (primary N) is 3. The summed E-state index contributed by atoms with van der Waals surface area (Å²) < 4.78 is 5.34. The van der Waals surface area contributed by atoms with Gasteiger partial charge < -0.3 is 79.2 Å². The number of carbonyl (C=O) groups excluding carboxylic acids is 5. The van der Waals surface area contributed by atoms with Gasteiger partial charge in [-0.15, -0.1) is 11.8 Å². The molecule has 0 aromatic rings. The first-order chi connectivity index (χ1) is 23.0. The monoisotopic (exact) mass is 725 g/mol. The van der Waals surface area contributed by atoms with Crippen molar-refractivity contribution in [1.29, 1.82) is 0 Å². The fraction of sp³-hybridized carbons (Fsp3) is 0.680. The molecule has 0 aliphatic carbocycles. The number of nitrogens with one attached hydrogen (secondary N) is 5. The second-order valence-electron chi connectivity index (χ2n) is 10.4. The quantitative estimate of drug-likeness (QED) is 0.0297. The number of aliphatic imine (C=N–C) groups is 1. The summed E-state index contributed by atoms with van der Waals surface area (Å²) in [6.07, 6.45) is -7.19. The Labute approximate surface area is 282 Å². The van der Waals surface area contributed by atoms with Crippen LogP contribution in [0.2, 0.25) is 0 Å². The minimum Gasteiger partial charge on any atom is -0.481 e. The summed E-state index contributed by atoms with van der Waals surface area (Å²) in [7, 11) is 0. The summed E-state index contributed by atoms with van der Waals surface area (Å²) >= 11 is 0.625. The van der Waals surface area contributed by atoms with Crippen molar-refractivity contribution in [2.75, 3.05) is 38.5 Å². The standard InChI is InChI=1S/C25H43N9O14S/c26-5-14(36)32-10(2-1-3-29-25(27)28)21(45)30-6-15(37)33-11(4-16(38)39)23(47)34-12(22(46)31-7-17(40)41)9-49-24-20(44)19(43)18(42)13(8-35)48-24/h10-13,18-20,24,35,42-44H,1-9,26H2,(H,30,45)(H,31,46)(H,32,36)(H,33,37)(H,34,47)(H,38,39)(H,40,41)(H4,27,28,29)/t10-,11-,12-,13+,18+,19-,20+,24-/m0/s1. The fourth-order valence-corrected chi connectivity index (χ4v) is 5.28. The summed E-state index contributed by atoms with van der Waals surface area (Å²) in [5.74, 6) is -8.55. The number of amides is 5. The molecule has 1 heterocycles. The van der Waals surface area contributed by atoms with Crippen LogP contribution in [0.4, 0.5) is 0 Å².